The van der Waals surface area contributed by atoms with E-state index in [9.17, 15) is 14.4 Å². The van der Waals surface area contributed by atoms with E-state index >= 15 is 0 Å². The number of piperazine rings is 1. The van der Waals surface area contributed by atoms with Crippen LogP contribution >= 0.6 is 11.3 Å². The number of thiophene rings is 1. The number of amides is 3. The van der Waals surface area contributed by atoms with Crippen LogP contribution in [0.5, 0.6) is 0 Å². The monoisotopic (exact) mass is 432 g/mol. The molecule has 1 aromatic heterocycles. The van der Waals surface area contributed by atoms with Crippen LogP contribution < -0.4 is 5.32 Å². The van der Waals surface area contributed by atoms with Gasteiger partial charge in [-0.15, -0.1) is 11.3 Å². The van der Waals surface area contributed by atoms with Crippen LogP contribution in [-0.4, -0.2) is 83.8 Å². The molecule has 1 N–H and O–H groups in total. The van der Waals surface area contributed by atoms with Crippen LogP contribution in [0.25, 0.3) is 0 Å². The van der Waals surface area contributed by atoms with E-state index < -0.39 is 6.04 Å². The number of rotatable bonds is 6. The predicted octanol–water partition coefficient (Wildman–Crippen LogP) is 1.66. The summed E-state index contributed by atoms with van der Waals surface area (Å²) in [6.45, 7) is 8.22. The van der Waals surface area contributed by atoms with E-state index in [4.69, 9.17) is 0 Å². The molecule has 8 heteroatoms. The van der Waals surface area contributed by atoms with Gasteiger partial charge in [-0.05, 0) is 36.6 Å². The minimum absolute atomic E-state index is 0.0206. The third-order valence-corrected chi connectivity index (χ3v) is 7.06. The van der Waals surface area contributed by atoms with Gasteiger partial charge < -0.3 is 20.0 Å². The molecule has 3 amide bonds. The number of hydrogen-bond donors (Lipinski definition) is 1. The second kappa shape index (κ2) is 9.06. The van der Waals surface area contributed by atoms with Gasteiger partial charge in [-0.3, -0.25) is 14.4 Å². The molecule has 4 rings (SSSR count). The fraction of sp³-hybridized carbons (Fsp3) is 0.682. The number of hydrogen-bond acceptors (Lipinski definition) is 5. The summed E-state index contributed by atoms with van der Waals surface area (Å²) in [5.74, 6) is 0.606. The Morgan fingerprint density at radius 1 is 1.23 bits per heavy atom. The van der Waals surface area contributed by atoms with Crippen LogP contribution in [0.1, 0.15) is 42.8 Å². The smallest absolute Gasteiger partial charge is 0.264 e. The van der Waals surface area contributed by atoms with Gasteiger partial charge in [0.25, 0.3) is 5.91 Å². The van der Waals surface area contributed by atoms with Crippen molar-refractivity contribution in [3.05, 3.63) is 22.4 Å². The second-order valence-corrected chi connectivity index (χ2v) is 10.0. The SMILES string of the molecule is CC(C)CN(C(=O)C1CC1)C1CC(C(=O)N2CCNCC2)N(C(=O)c2cccs2)C1. The van der Waals surface area contributed by atoms with Crippen molar-refractivity contribution >= 4 is 29.1 Å². The average molecular weight is 433 g/mol. The van der Waals surface area contributed by atoms with E-state index in [0.29, 0.717) is 43.4 Å². The van der Waals surface area contributed by atoms with Gasteiger partial charge in [-0.25, -0.2) is 0 Å². The fourth-order valence-electron chi connectivity index (χ4n) is 4.51. The molecule has 0 radical (unpaired) electrons. The minimum Gasteiger partial charge on any atom is -0.338 e. The molecule has 3 heterocycles. The predicted molar refractivity (Wildman–Crippen MR) is 116 cm³/mol. The highest BCUT2D eigenvalue weighted by atomic mass is 32.1. The first-order valence-electron chi connectivity index (χ1n) is 11.1. The zero-order valence-corrected chi connectivity index (χ0v) is 18.7. The summed E-state index contributed by atoms with van der Waals surface area (Å²) >= 11 is 1.40. The maximum absolute atomic E-state index is 13.4. The van der Waals surface area contributed by atoms with Crippen molar-refractivity contribution in [3.8, 4) is 0 Å². The van der Waals surface area contributed by atoms with Crippen LogP contribution in [0.2, 0.25) is 0 Å². The molecule has 1 aromatic rings. The summed E-state index contributed by atoms with van der Waals surface area (Å²) in [6, 6.07) is 3.08. The minimum atomic E-state index is -0.496. The van der Waals surface area contributed by atoms with E-state index in [0.717, 1.165) is 25.9 Å². The van der Waals surface area contributed by atoms with Gasteiger partial charge in [0.15, 0.2) is 0 Å². The number of nitrogens with one attached hydrogen (secondary N) is 1. The lowest BCUT2D eigenvalue weighted by molar-refractivity contribution is -0.137. The van der Waals surface area contributed by atoms with Crippen LogP contribution in [0.3, 0.4) is 0 Å². The van der Waals surface area contributed by atoms with E-state index in [1.54, 1.807) is 4.90 Å². The van der Waals surface area contributed by atoms with Crippen LogP contribution in [-0.2, 0) is 9.59 Å². The summed E-state index contributed by atoms with van der Waals surface area (Å²) in [4.78, 5) is 45.9. The van der Waals surface area contributed by atoms with E-state index in [-0.39, 0.29) is 29.7 Å². The quantitative estimate of drug-likeness (QED) is 0.742. The Labute approximate surface area is 182 Å². The number of likely N-dealkylation sites (tertiary alicyclic amines) is 1. The Hall–Kier alpha value is -1.93. The molecule has 1 saturated carbocycles. The maximum Gasteiger partial charge on any atom is 0.264 e. The van der Waals surface area contributed by atoms with Gasteiger partial charge in [0, 0.05) is 45.2 Å². The van der Waals surface area contributed by atoms with Gasteiger partial charge in [-0.1, -0.05) is 19.9 Å². The number of carbonyl (C=O) groups excluding carboxylic acids is 3. The van der Waals surface area contributed by atoms with Crippen LogP contribution in [0, 0.1) is 11.8 Å². The molecule has 0 spiro atoms. The molecule has 2 atom stereocenters. The van der Waals surface area contributed by atoms with Crippen molar-refractivity contribution < 1.29 is 14.4 Å². The maximum atomic E-state index is 13.4. The lowest BCUT2D eigenvalue weighted by Crippen LogP contribution is -2.53. The first kappa shape index (κ1) is 21.3. The summed E-state index contributed by atoms with van der Waals surface area (Å²) < 4.78 is 0. The second-order valence-electron chi connectivity index (χ2n) is 9.07. The zero-order chi connectivity index (χ0) is 21.3. The molecule has 1 aliphatic carbocycles. The molecular weight excluding hydrogens is 400 g/mol. The van der Waals surface area contributed by atoms with Crippen LogP contribution in [0.15, 0.2) is 17.5 Å². The highest BCUT2D eigenvalue weighted by Crippen LogP contribution is 2.35. The van der Waals surface area contributed by atoms with Crippen molar-refractivity contribution in [1.82, 2.24) is 20.0 Å². The summed E-state index contributed by atoms with van der Waals surface area (Å²) in [5, 5.41) is 5.16. The largest absolute Gasteiger partial charge is 0.338 e. The van der Waals surface area contributed by atoms with Crippen molar-refractivity contribution in [3.63, 3.8) is 0 Å². The molecular formula is C22H32N4O3S. The highest BCUT2D eigenvalue weighted by Gasteiger charge is 2.46. The first-order valence-corrected chi connectivity index (χ1v) is 12.0. The average Bonchev–Trinajstić information content (AvgIpc) is 3.27. The van der Waals surface area contributed by atoms with Crippen molar-refractivity contribution in [2.75, 3.05) is 39.3 Å². The van der Waals surface area contributed by atoms with Crippen molar-refractivity contribution in [2.24, 2.45) is 11.8 Å². The van der Waals surface area contributed by atoms with Gasteiger partial charge >= 0.3 is 0 Å². The molecule has 3 aliphatic rings. The molecule has 7 nitrogen and oxygen atoms in total. The Morgan fingerprint density at radius 3 is 2.57 bits per heavy atom. The molecule has 2 aliphatic heterocycles. The van der Waals surface area contributed by atoms with Crippen LogP contribution in [0.4, 0.5) is 0 Å². The van der Waals surface area contributed by atoms with Gasteiger partial charge in [0.05, 0.1) is 10.9 Å². The van der Waals surface area contributed by atoms with Gasteiger partial charge in [-0.2, -0.15) is 0 Å². The number of carbonyl (C=O) groups is 3. The van der Waals surface area contributed by atoms with Crippen molar-refractivity contribution in [2.45, 2.75) is 45.2 Å². The van der Waals surface area contributed by atoms with Crippen molar-refractivity contribution in [1.29, 1.82) is 0 Å². The van der Waals surface area contributed by atoms with E-state index in [1.165, 1.54) is 11.3 Å². The van der Waals surface area contributed by atoms with Gasteiger partial charge in [0.2, 0.25) is 11.8 Å². The third kappa shape index (κ3) is 4.54. The molecule has 0 aromatic carbocycles. The van der Waals surface area contributed by atoms with E-state index in [2.05, 4.69) is 19.2 Å². The first-order chi connectivity index (χ1) is 14.5. The summed E-state index contributed by atoms with van der Waals surface area (Å²) in [6.07, 6.45) is 2.45. The molecule has 2 unspecified atom stereocenters. The molecule has 30 heavy (non-hydrogen) atoms. The lowest BCUT2D eigenvalue weighted by Gasteiger charge is -2.32. The summed E-state index contributed by atoms with van der Waals surface area (Å²) in [5.41, 5.74) is 0. The Morgan fingerprint density at radius 2 is 1.97 bits per heavy atom. The Balaban J connectivity index is 1.57. The third-order valence-electron chi connectivity index (χ3n) is 6.20. The van der Waals surface area contributed by atoms with E-state index in [1.807, 2.05) is 27.3 Å². The highest BCUT2D eigenvalue weighted by molar-refractivity contribution is 7.12. The fourth-order valence-corrected chi connectivity index (χ4v) is 5.19. The topological polar surface area (TPSA) is 73.0 Å². The Kier molecular flexibility index (Phi) is 6.43. The number of nitrogens with zero attached hydrogens (tertiary/aromatic N) is 3. The summed E-state index contributed by atoms with van der Waals surface area (Å²) in [7, 11) is 0. The van der Waals surface area contributed by atoms with Gasteiger partial charge in [0.1, 0.15) is 6.04 Å². The normalized spacial score (nSPS) is 24.4. The molecule has 3 fully saturated rings. The lowest BCUT2D eigenvalue weighted by atomic mass is 10.1. The Bertz CT molecular complexity index is 771. The molecule has 2 saturated heterocycles. The molecule has 164 valence electrons. The zero-order valence-electron chi connectivity index (χ0n) is 17.9. The molecule has 0 bridgehead atoms. The standard InChI is InChI=1S/C22H32N4O3S/c1-15(2)13-25(20(27)16-5-6-16)17-12-18(21(28)24-9-7-23-8-10-24)26(14-17)22(29)19-4-3-11-30-19/h3-4,11,15-18,23H,5-10,12-14H2,1-2H3.